The number of hydrogen-bond donors (Lipinski definition) is 0. The Bertz CT molecular complexity index is 500. The molecule has 0 atom stereocenters. The van der Waals surface area contributed by atoms with E-state index in [4.69, 9.17) is 4.74 Å². The van der Waals surface area contributed by atoms with Crippen LogP contribution in [0.15, 0.2) is 12.1 Å². The molecule has 0 saturated carbocycles. The number of ketones is 1. The van der Waals surface area contributed by atoms with Crippen molar-refractivity contribution < 1.29 is 9.53 Å². The van der Waals surface area contributed by atoms with Gasteiger partial charge in [0.25, 0.3) is 0 Å². The molecule has 1 heterocycles. The highest BCUT2D eigenvalue weighted by Gasteiger charge is 2.27. The summed E-state index contributed by atoms with van der Waals surface area (Å²) in [5.74, 6) is 1.06. The summed E-state index contributed by atoms with van der Waals surface area (Å²) in [7, 11) is 0. The topological polar surface area (TPSA) is 29.5 Å². The maximum atomic E-state index is 11.7. The third-order valence-electron chi connectivity index (χ3n) is 3.61. The molecular weight excluding hydrogens is 238 g/mol. The number of benzene rings is 1. The summed E-state index contributed by atoms with van der Waals surface area (Å²) in [6.07, 6.45) is 0. The second-order valence-corrected chi connectivity index (χ2v) is 6.11. The fourth-order valence-corrected chi connectivity index (χ4v) is 2.47. The number of carbonyl (C=O) groups is 1. The first kappa shape index (κ1) is 13.9. The number of nitrogens with zero attached hydrogens (tertiary/aromatic N) is 1. The Morgan fingerprint density at radius 3 is 2.58 bits per heavy atom. The van der Waals surface area contributed by atoms with Crippen molar-refractivity contribution in [2.24, 2.45) is 0 Å². The number of anilines is 1. The van der Waals surface area contributed by atoms with E-state index in [1.54, 1.807) is 6.92 Å². The Balaban J connectivity index is 2.67. The first-order valence-electron chi connectivity index (χ1n) is 6.91. The minimum Gasteiger partial charge on any atom is -0.489 e. The Labute approximate surface area is 115 Å². The standard InChI is InChI=1S/C16H23NO2/c1-6-17-7-8-19-15-13(16(3,4)5)9-12(11(2)18)10-14(15)17/h9-10H,6-8H2,1-5H3. The van der Waals surface area contributed by atoms with E-state index in [0.29, 0.717) is 6.61 Å². The second-order valence-electron chi connectivity index (χ2n) is 6.11. The molecule has 104 valence electrons. The van der Waals surface area contributed by atoms with Crippen LogP contribution in [0.4, 0.5) is 5.69 Å². The normalized spacial score (nSPS) is 14.9. The highest BCUT2D eigenvalue weighted by Crippen LogP contribution is 2.41. The molecule has 0 amide bonds. The third kappa shape index (κ3) is 2.60. The summed E-state index contributed by atoms with van der Waals surface area (Å²) in [6, 6.07) is 3.95. The summed E-state index contributed by atoms with van der Waals surface area (Å²) < 4.78 is 5.89. The van der Waals surface area contributed by atoms with Gasteiger partial charge >= 0.3 is 0 Å². The Morgan fingerprint density at radius 1 is 1.37 bits per heavy atom. The SMILES string of the molecule is CCN1CCOc2c1cc(C(C)=O)cc2C(C)(C)C. The van der Waals surface area contributed by atoms with Crippen molar-refractivity contribution in [3.05, 3.63) is 23.3 Å². The number of ether oxygens (including phenoxy) is 1. The molecule has 0 aliphatic carbocycles. The first-order chi connectivity index (χ1) is 8.84. The predicted molar refractivity (Wildman–Crippen MR) is 78.5 cm³/mol. The second kappa shape index (κ2) is 4.87. The van der Waals surface area contributed by atoms with Gasteiger partial charge in [-0.3, -0.25) is 4.79 Å². The van der Waals surface area contributed by atoms with Gasteiger partial charge in [0.2, 0.25) is 0 Å². The summed E-state index contributed by atoms with van der Waals surface area (Å²) in [4.78, 5) is 14.0. The van der Waals surface area contributed by atoms with Crippen LogP contribution in [0.3, 0.4) is 0 Å². The molecule has 0 saturated heterocycles. The molecule has 1 aliphatic rings. The van der Waals surface area contributed by atoms with Crippen molar-refractivity contribution in [1.82, 2.24) is 0 Å². The molecule has 0 spiro atoms. The van der Waals surface area contributed by atoms with Crippen molar-refractivity contribution in [3.63, 3.8) is 0 Å². The molecule has 0 fully saturated rings. The quantitative estimate of drug-likeness (QED) is 0.764. The molecule has 1 aromatic carbocycles. The van der Waals surface area contributed by atoms with Crippen LogP contribution in [0.5, 0.6) is 5.75 Å². The average Bonchev–Trinajstić information content (AvgIpc) is 2.35. The van der Waals surface area contributed by atoms with E-state index in [9.17, 15) is 4.79 Å². The van der Waals surface area contributed by atoms with Crippen molar-refractivity contribution in [3.8, 4) is 5.75 Å². The van der Waals surface area contributed by atoms with Crippen LogP contribution in [-0.4, -0.2) is 25.5 Å². The van der Waals surface area contributed by atoms with Gasteiger partial charge in [-0.1, -0.05) is 20.8 Å². The number of rotatable bonds is 2. The number of fused-ring (bicyclic) bond motifs is 1. The Morgan fingerprint density at radius 2 is 2.05 bits per heavy atom. The van der Waals surface area contributed by atoms with Gasteiger partial charge in [0.1, 0.15) is 12.4 Å². The van der Waals surface area contributed by atoms with Gasteiger partial charge < -0.3 is 9.64 Å². The van der Waals surface area contributed by atoms with Crippen LogP contribution in [0.2, 0.25) is 0 Å². The largest absolute Gasteiger partial charge is 0.489 e. The molecule has 0 radical (unpaired) electrons. The van der Waals surface area contributed by atoms with Gasteiger partial charge in [0.15, 0.2) is 5.78 Å². The van der Waals surface area contributed by atoms with Crippen molar-refractivity contribution in [2.75, 3.05) is 24.6 Å². The zero-order valence-corrected chi connectivity index (χ0v) is 12.5. The Kier molecular flexibility index (Phi) is 3.57. The van der Waals surface area contributed by atoms with E-state index in [0.717, 1.165) is 35.7 Å². The zero-order valence-electron chi connectivity index (χ0n) is 12.5. The molecular formula is C16H23NO2. The molecule has 1 aromatic rings. The fraction of sp³-hybridized carbons (Fsp3) is 0.562. The fourth-order valence-electron chi connectivity index (χ4n) is 2.47. The maximum Gasteiger partial charge on any atom is 0.159 e. The van der Waals surface area contributed by atoms with Crippen LogP contribution in [0, 0.1) is 0 Å². The highest BCUT2D eigenvalue weighted by molar-refractivity contribution is 5.96. The van der Waals surface area contributed by atoms with E-state index < -0.39 is 0 Å². The first-order valence-corrected chi connectivity index (χ1v) is 6.91. The molecule has 2 rings (SSSR count). The lowest BCUT2D eigenvalue weighted by molar-refractivity contribution is 0.101. The summed E-state index contributed by atoms with van der Waals surface area (Å²) in [5, 5.41) is 0. The number of likely N-dealkylation sites (N-methyl/N-ethyl adjacent to an activating group) is 1. The van der Waals surface area contributed by atoms with E-state index in [1.165, 1.54) is 0 Å². The molecule has 0 bridgehead atoms. The average molecular weight is 261 g/mol. The van der Waals surface area contributed by atoms with E-state index >= 15 is 0 Å². The van der Waals surface area contributed by atoms with Crippen LogP contribution in [0.1, 0.15) is 50.5 Å². The molecule has 0 unspecified atom stereocenters. The molecule has 3 nitrogen and oxygen atoms in total. The maximum absolute atomic E-state index is 11.7. The van der Waals surface area contributed by atoms with Crippen LogP contribution >= 0.6 is 0 Å². The van der Waals surface area contributed by atoms with E-state index in [-0.39, 0.29) is 11.2 Å². The summed E-state index contributed by atoms with van der Waals surface area (Å²) in [5.41, 5.74) is 2.92. The van der Waals surface area contributed by atoms with Crippen molar-refractivity contribution in [1.29, 1.82) is 0 Å². The summed E-state index contributed by atoms with van der Waals surface area (Å²) in [6.45, 7) is 12.7. The van der Waals surface area contributed by atoms with Gasteiger partial charge in [-0.05, 0) is 31.4 Å². The minimum atomic E-state index is -0.0354. The predicted octanol–water partition coefficient (Wildman–Crippen LogP) is 3.41. The lowest BCUT2D eigenvalue weighted by Gasteiger charge is -2.34. The molecule has 0 N–H and O–H groups in total. The number of carbonyl (C=O) groups excluding carboxylic acids is 1. The summed E-state index contributed by atoms with van der Waals surface area (Å²) >= 11 is 0. The van der Waals surface area contributed by atoms with Gasteiger partial charge in [-0.25, -0.2) is 0 Å². The molecule has 3 heteroatoms. The van der Waals surface area contributed by atoms with Gasteiger partial charge in [-0.15, -0.1) is 0 Å². The third-order valence-corrected chi connectivity index (χ3v) is 3.61. The van der Waals surface area contributed by atoms with Gasteiger partial charge in [-0.2, -0.15) is 0 Å². The van der Waals surface area contributed by atoms with Crippen LogP contribution in [0.25, 0.3) is 0 Å². The Hall–Kier alpha value is -1.51. The smallest absolute Gasteiger partial charge is 0.159 e. The van der Waals surface area contributed by atoms with Gasteiger partial charge in [0, 0.05) is 17.7 Å². The van der Waals surface area contributed by atoms with Crippen LogP contribution < -0.4 is 9.64 Å². The minimum absolute atomic E-state index is 0.0354. The molecule has 0 aromatic heterocycles. The lowest BCUT2D eigenvalue weighted by Crippen LogP contribution is -2.34. The van der Waals surface area contributed by atoms with E-state index in [2.05, 4.69) is 32.6 Å². The van der Waals surface area contributed by atoms with Crippen LogP contribution in [-0.2, 0) is 5.41 Å². The molecule has 19 heavy (non-hydrogen) atoms. The van der Waals surface area contributed by atoms with Crippen molar-refractivity contribution in [2.45, 2.75) is 40.0 Å². The monoisotopic (exact) mass is 261 g/mol. The highest BCUT2D eigenvalue weighted by atomic mass is 16.5. The van der Waals surface area contributed by atoms with Gasteiger partial charge in [0.05, 0.1) is 12.2 Å². The molecule has 1 aliphatic heterocycles. The number of hydrogen-bond acceptors (Lipinski definition) is 3. The lowest BCUT2D eigenvalue weighted by atomic mass is 9.84. The van der Waals surface area contributed by atoms with Crippen molar-refractivity contribution >= 4 is 11.5 Å². The number of Topliss-reactive ketones (excluding diaryl/α,β-unsaturated/α-hetero) is 1. The van der Waals surface area contributed by atoms with E-state index in [1.807, 2.05) is 12.1 Å². The zero-order chi connectivity index (χ0) is 14.2.